The van der Waals surface area contributed by atoms with Crippen LogP contribution < -0.4 is 0 Å². The molecule has 3 aromatic heterocycles. The van der Waals surface area contributed by atoms with Crippen LogP contribution in [0.1, 0.15) is 0 Å². The molecule has 24 heavy (non-hydrogen) atoms. The molecule has 0 saturated carbocycles. The second-order valence-corrected chi connectivity index (χ2v) is 5.17. The van der Waals surface area contributed by atoms with Gasteiger partial charge >= 0.3 is 0 Å². The summed E-state index contributed by atoms with van der Waals surface area (Å²) in [4.78, 5) is 12.9. The van der Waals surface area contributed by atoms with Crippen LogP contribution in [0.4, 0.5) is 0 Å². The molecule has 4 aromatic rings. The molecule has 5 heteroatoms. The lowest BCUT2D eigenvalue weighted by Gasteiger charge is -2.09. The number of pyridine rings is 2. The summed E-state index contributed by atoms with van der Waals surface area (Å²) >= 11 is 0. The van der Waals surface area contributed by atoms with Gasteiger partial charge in [-0.25, -0.2) is 4.98 Å². The van der Waals surface area contributed by atoms with Gasteiger partial charge in [-0.3, -0.25) is 9.97 Å². The fourth-order valence-electron chi connectivity index (χ4n) is 2.45. The molecule has 0 amide bonds. The fraction of sp³-hybridized carbons (Fsp3) is 0. The molecular weight excluding hydrogens is 298 g/mol. The molecule has 0 aliphatic heterocycles. The van der Waals surface area contributed by atoms with Crippen molar-refractivity contribution in [3.8, 4) is 33.9 Å². The molecule has 0 bridgehead atoms. The van der Waals surface area contributed by atoms with Crippen molar-refractivity contribution < 1.29 is 0 Å². The van der Waals surface area contributed by atoms with Crippen LogP contribution in [-0.2, 0) is 0 Å². The molecular formula is C19H13N5. The topological polar surface area (TPSA) is 64.5 Å². The lowest BCUT2D eigenvalue weighted by molar-refractivity contribution is 0.990. The average Bonchev–Trinajstić information content (AvgIpc) is 2.69. The number of nitrogens with zero attached hydrogens (tertiary/aromatic N) is 5. The van der Waals surface area contributed by atoms with E-state index in [1.165, 1.54) is 0 Å². The van der Waals surface area contributed by atoms with Gasteiger partial charge in [0.25, 0.3) is 0 Å². The first-order valence-corrected chi connectivity index (χ1v) is 7.53. The molecule has 0 fully saturated rings. The molecule has 114 valence electrons. The molecule has 4 rings (SSSR count). The molecule has 0 aliphatic carbocycles. The zero-order valence-electron chi connectivity index (χ0n) is 12.7. The molecule has 0 saturated heterocycles. The summed E-state index contributed by atoms with van der Waals surface area (Å²) in [7, 11) is 0. The Kier molecular flexibility index (Phi) is 3.73. The largest absolute Gasteiger partial charge is 0.265 e. The third-order valence-electron chi connectivity index (χ3n) is 3.63. The SMILES string of the molecule is c1ccc(-c2nnc(-c3ccncc3)c(-c3ccncc3)n2)cc1. The van der Waals surface area contributed by atoms with Gasteiger partial charge in [-0.1, -0.05) is 30.3 Å². The van der Waals surface area contributed by atoms with Crippen molar-refractivity contribution in [3.05, 3.63) is 79.4 Å². The molecule has 0 unspecified atom stereocenters. The van der Waals surface area contributed by atoms with Crippen LogP contribution >= 0.6 is 0 Å². The summed E-state index contributed by atoms with van der Waals surface area (Å²) in [5.41, 5.74) is 4.31. The van der Waals surface area contributed by atoms with Crippen LogP contribution in [-0.4, -0.2) is 25.1 Å². The Balaban J connectivity index is 1.92. The highest BCUT2D eigenvalue weighted by molar-refractivity contribution is 5.78. The maximum absolute atomic E-state index is 4.77. The Labute approximate surface area is 139 Å². The van der Waals surface area contributed by atoms with Gasteiger partial charge in [0, 0.05) is 41.5 Å². The van der Waals surface area contributed by atoms with Crippen LogP contribution in [0.25, 0.3) is 33.9 Å². The van der Waals surface area contributed by atoms with Crippen LogP contribution in [0.2, 0.25) is 0 Å². The lowest BCUT2D eigenvalue weighted by Crippen LogP contribution is -2.00. The van der Waals surface area contributed by atoms with E-state index in [1.54, 1.807) is 24.8 Å². The van der Waals surface area contributed by atoms with Crippen molar-refractivity contribution in [2.75, 3.05) is 0 Å². The summed E-state index contributed by atoms with van der Waals surface area (Å²) in [6, 6.07) is 17.5. The van der Waals surface area contributed by atoms with E-state index < -0.39 is 0 Å². The van der Waals surface area contributed by atoms with Crippen molar-refractivity contribution in [3.63, 3.8) is 0 Å². The maximum atomic E-state index is 4.77. The van der Waals surface area contributed by atoms with Gasteiger partial charge in [-0.2, -0.15) is 0 Å². The van der Waals surface area contributed by atoms with Crippen LogP contribution in [0.5, 0.6) is 0 Å². The van der Waals surface area contributed by atoms with Crippen LogP contribution in [0.3, 0.4) is 0 Å². The minimum absolute atomic E-state index is 0.597. The van der Waals surface area contributed by atoms with Crippen molar-refractivity contribution >= 4 is 0 Å². The third-order valence-corrected chi connectivity index (χ3v) is 3.63. The highest BCUT2D eigenvalue weighted by Crippen LogP contribution is 2.29. The van der Waals surface area contributed by atoms with Gasteiger partial charge < -0.3 is 0 Å². The number of rotatable bonds is 3. The van der Waals surface area contributed by atoms with Gasteiger partial charge in [0.05, 0.1) is 0 Å². The van der Waals surface area contributed by atoms with Crippen molar-refractivity contribution in [1.82, 2.24) is 25.1 Å². The van der Waals surface area contributed by atoms with E-state index in [2.05, 4.69) is 20.2 Å². The number of benzene rings is 1. The standard InChI is InChI=1S/C19H13N5/c1-2-4-16(5-3-1)19-22-17(14-6-10-20-11-7-14)18(23-24-19)15-8-12-21-13-9-15/h1-13H. The zero-order chi connectivity index (χ0) is 16.2. The van der Waals surface area contributed by atoms with Crippen molar-refractivity contribution in [1.29, 1.82) is 0 Å². The Morgan fingerprint density at radius 3 is 1.71 bits per heavy atom. The summed E-state index contributed by atoms with van der Waals surface area (Å²) in [6.07, 6.45) is 6.96. The summed E-state index contributed by atoms with van der Waals surface area (Å²) < 4.78 is 0. The number of hydrogen-bond donors (Lipinski definition) is 0. The van der Waals surface area contributed by atoms with E-state index in [1.807, 2.05) is 54.6 Å². The summed E-state index contributed by atoms with van der Waals surface area (Å²) in [5.74, 6) is 0.597. The number of aromatic nitrogens is 5. The third kappa shape index (κ3) is 2.75. The fourth-order valence-corrected chi connectivity index (χ4v) is 2.45. The van der Waals surface area contributed by atoms with Gasteiger partial charge in [0.15, 0.2) is 5.82 Å². The quantitative estimate of drug-likeness (QED) is 0.577. The molecule has 0 atom stereocenters. The van der Waals surface area contributed by atoms with Crippen LogP contribution in [0.15, 0.2) is 79.4 Å². The normalized spacial score (nSPS) is 10.5. The van der Waals surface area contributed by atoms with Gasteiger partial charge in [-0.05, 0) is 24.3 Å². The first kappa shape index (κ1) is 14.1. The van der Waals surface area contributed by atoms with Crippen LogP contribution in [0, 0.1) is 0 Å². The molecule has 0 spiro atoms. The Morgan fingerprint density at radius 1 is 0.500 bits per heavy atom. The molecule has 0 N–H and O–H groups in total. The minimum Gasteiger partial charge on any atom is -0.265 e. The number of hydrogen-bond acceptors (Lipinski definition) is 5. The second kappa shape index (κ2) is 6.34. The Morgan fingerprint density at radius 2 is 1.08 bits per heavy atom. The molecule has 3 heterocycles. The molecule has 1 aromatic carbocycles. The minimum atomic E-state index is 0.597. The van der Waals surface area contributed by atoms with Crippen molar-refractivity contribution in [2.45, 2.75) is 0 Å². The Hall–Kier alpha value is -3.47. The van der Waals surface area contributed by atoms with E-state index in [9.17, 15) is 0 Å². The smallest absolute Gasteiger partial charge is 0.182 e. The monoisotopic (exact) mass is 311 g/mol. The maximum Gasteiger partial charge on any atom is 0.182 e. The zero-order valence-corrected chi connectivity index (χ0v) is 12.7. The summed E-state index contributed by atoms with van der Waals surface area (Å²) in [6.45, 7) is 0. The molecule has 5 nitrogen and oxygen atoms in total. The van der Waals surface area contributed by atoms with Gasteiger partial charge in [0.1, 0.15) is 11.4 Å². The molecule has 0 radical (unpaired) electrons. The van der Waals surface area contributed by atoms with Crippen molar-refractivity contribution in [2.24, 2.45) is 0 Å². The Bertz CT molecular complexity index is 941. The van der Waals surface area contributed by atoms with E-state index in [0.29, 0.717) is 5.82 Å². The van der Waals surface area contributed by atoms with E-state index in [-0.39, 0.29) is 0 Å². The molecule has 0 aliphatic rings. The first-order valence-electron chi connectivity index (χ1n) is 7.53. The highest BCUT2D eigenvalue weighted by atomic mass is 15.2. The second-order valence-electron chi connectivity index (χ2n) is 5.17. The van der Waals surface area contributed by atoms with E-state index in [0.717, 1.165) is 28.1 Å². The highest BCUT2D eigenvalue weighted by Gasteiger charge is 2.14. The average molecular weight is 311 g/mol. The summed E-state index contributed by atoms with van der Waals surface area (Å²) in [5, 5.41) is 8.76. The van der Waals surface area contributed by atoms with Gasteiger partial charge in [0.2, 0.25) is 0 Å². The lowest BCUT2D eigenvalue weighted by atomic mass is 10.1. The van der Waals surface area contributed by atoms with E-state index in [4.69, 9.17) is 4.98 Å². The first-order chi connectivity index (χ1) is 11.9. The van der Waals surface area contributed by atoms with Gasteiger partial charge in [-0.15, -0.1) is 10.2 Å². The van der Waals surface area contributed by atoms with E-state index >= 15 is 0 Å². The predicted octanol–water partition coefficient (Wildman–Crippen LogP) is 3.66. The predicted molar refractivity (Wildman–Crippen MR) is 91.7 cm³/mol.